The van der Waals surface area contributed by atoms with Crippen molar-refractivity contribution in [2.75, 3.05) is 24.6 Å². The van der Waals surface area contributed by atoms with E-state index in [9.17, 15) is 4.79 Å². The van der Waals surface area contributed by atoms with E-state index in [1.54, 1.807) is 11.3 Å². The highest BCUT2D eigenvalue weighted by Crippen LogP contribution is 2.32. The van der Waals surface area contributed by atoms with Crippen LogP contribution >= 0.6 is 11.3 Å². The molecule has 1 aromatic rings. The SMILES string of the molecule is CCCN(CC1CC1)c1nc(CCC(=O)OCC)cs1. The number of aromatic nitrogens is 1. The van der Waals surface area contributed by atoms with Crippen molar-refractivity contribution < 1.29 is 9.53 Å². The summed E-state index contributed by atoms with van der Waals surface area (Å²) >= 11 is 1.70. The number of hydrogen-bond donors (Lipinski definition) is 0. The number of nitrogens with zero attached hydrogens (tertiary/aromatic N) is 2. The molecule has 1 aliphatic rings. The Kier molecular flexibility index (Phi) is 5.83. The van der Waals surface area contributed by atoms with Gasteiger partial charge in [-0.2, -0.15) is 0 Å². The van der Waals surface area contributed by atoms with Crippen LogP contribution in [0, 0.1) is 5.92 Å². The Labute approximate surface area is 125 Å². The number of esters is 1. The van der Waals surface area contributed by atoms with Gasteiger partial charge in [0, 0.05) is 24.9 Å². The highest BCUT2D eigenvalue weighted by atomic mass is 32.1. The van der Waals surface area contributed by atoms with Crippen LogP contribution in [0.3, 0.4) is 0 Å². The topological polar surface area (TPSA) is 42.4 Å². The molecule has 0 aromatic carbocycles. The summed E-state index contributed by atoms with van der Waals surface area (Å²) in [5.74, 6) is 0.735. The minimum Gasteiger partial charge on any atom is -0.466 e. The Hall–Kier alpha value is -1.10. The molecule has 1 saturated carbocycles. The predicted octanol–water partition coefficient (Wildman–Crippen LogP) is 3.27. The molecule has 0 radical (unpaired) electrons. The molecule has 1 aliphatic carbocycles. The molecule has 0 unspecified atom stereocenters. The Morgan fingerprint density at radius 2 is 2.30 bits per heavy atom. The fourth-order valence-electron chi connectivity index (χ4n) is 2.17. The van der Waals surface area contributed by atoms with E-state index in [4.69, 9.17) is 4.74 Å². The molecule has 20 heavy (non-hydrogen) atoms. The first kappa shape index (κ1) is 15.3. The average molecular weight is 296 g/mol. The zero-order chi connectivity index (χ0) is 14.4. The molecule has 0 atom stereocenters. The van der Waals surface area contributed by atoms with Gasteiger partial charge in [0.25, 0.3) is 0 Å². The number of aryl methyl sites for hydroxylation is 1. The number of rotatable bonds is 9. The van der Waals surface area contributed by atoms with Gasteiger partial charge in [-0.1, -0.05) is 6.92 Å². The molecule has 0 saturated heterocycles. The summed E-state index contributed by atoms with van der Waals surface area (Å²) in [7, 11) is 0. The molecular weight excluding hydrogens is 272 g/mol. The third kappa shape index (κ3) is 4.78. The summed E-state index contributed by atoms with van der Waals surface area (Å²) in [5, 5.41) is 3.18. The quantitative estimate of drug-likeness (QED) is 0.656. The minimum absolute atomic E-state index is 0.134. The summed E-state index contributed by atoms with van der Waals surface area (Å²) in [6.07, 6.45) is 4.97. The lowest BCUT2D eigenvalue weighted by atomic mass is 10.2. The Morgan fingerprint density at radius 3 is 2.95 bits per heavy atom. The number of hydrogen-bond acceptors (Lipinski definition) is 5. The van der Waals surface area contributed by atoms with Crippen LogP contribution < -0.4 is 4.90 Å². The standard InChI is InChI=1S/C15H24N2O2S/c1-3-9-17(10-12-5-6-12)15-16-13(11-20-15)7-8-14(18)19-4-2/h11-12H,3-10H2,1-2H3. The highest BCUT2D eigenvalue weighted by Gasteiger charge is 2.25. The van der Waals surface area contributed by atoms with Gasteiger partial charge in [0.1, 0.15) is 0 Å². The van der Waals surface area contributed by atoms with Crippen molar-refractivity contribution in [3.05, 3.63) is 11.1 Å². The van der Waals surface area contributed by atoms with E-state index >= 15 is 0 Å². The predicted molar refractivity (Wildman–Crippen MR) is 82.3 cm³/mol. The van der Waals surface area contributed by atoms with E-state index in [-0.39, 0.29) is 5.97 Å². The first-order valence-corrected chi connectivity index (χ1v) is 8.45. The largest absolute Gasteiger partial charge is 0.466 e. The summed E-state index contributed by atoms with van der Waals surface area (Å²) in [6.45, 7) is 6.70. The van der Waals surface area contributed by atoms with Gasteiger partial charge in [0.15, 0.2) is 5.13 Å². The second-order valence-corrected chi connectivity index (χ2v) is 6.15. The maximum absolute atomic E-state index is 11.4. The minimum atomic E-state index is -0.134. The Morgan fingerprint density at radius 1 is 1.50 bits per heavy atom. The smallest absolute Gasteiger partial charge is 0.306 e. The first-order valence-electron chi connectivity index (χ1n) is 7.57. The van der Waals surface area contributed by atoms with Crippen molar-refractivity contribution in [2.45, 2.75) is 46.0 Å². The Balaban J connectivity index is 1.86. The fourth-order valence-corrected chi connectivity index (χ4v) is 3.06. The maximum atomic E-state index is 11.4. The van der Waals surface area contributed by atoms with Crippen molar-refractivity contribution in [1.82, 2.24) is 4.98 Å². The maximum Gasteiger partial charge on any atom is 0.306 e. The monoisotopic (exact) mass is 296 g/mol. The van der Waals surface area contributed by atoms with Crippen molar-refractivity contribution >= 4 is 22.4 Å². The van der Waals surface area contributed by atoms with Crippen LogP contribution in [0.15, 0.2) is 5.38 Å². The third-order valence-electron chi connectivity index (χ3n) is 3.37. The van der Waals surface area contributed by atoms with Gasteiger partial charge in [-0.15, -0.1) is 11.3 Å². The number of carbonyl (C=O) groups is 1. The second-order valence-electron chi connectivity index (χ2n) is 5.32. The molecule has 0 spiro atoms. The summed E-state index contributed by atoms with van der Waals surface area (Å²) in [4.78, 5) is 18.4. The highest BCUT2D eigenvalue weighted by molar-refractivity contribution is 7.13. The molecule has 0 bridgehead atoms. The van der Waals surface area contributed by atoms with Crippen LogP contribution in [0.5, 0.6) is 0 Å². The molecule has 2 rings (SSSR count). The van der Waals surface area contributed by atoms with Crippen LogP contribution in [0.25, 0.3) is 0 Å². The van der Waals surface area contributed by atoms with Crippen molar-refractivity contribution in [2.24, 2.45) is 5.92 Å². The molecule has 112 valence electrons. The average Bonchev–Trinajstić information content (AvgIpc) is 3.12. The normalized spacial score (nSPS) is 14.3. The summed E-state index contributed by atoms with van der Waals surface area (Å²) < 4.78 is 4.94. The zero-order valence-corrected chi connectivity index (χ0v) is 13.2. The molecule has 0 amide bonds. The second kappa shape index (κ2) is 7.62. The molecule has 1 heterocycles. The fraction of sp³-hybridized carbons (Fsp3) is 0.733. The molecule has 5 heteroatoms. The van der Waals surface area contributed by atoms with Crippen LogP contribution in [-0.2, 0) is 16.0 Å². The van der Waals surface area contributed by atoms with Crippen molar-refractivity contribution in [3.63, 3.8) is 0 Å². The van der Waals surface area contributed by atoms with Gasteiger partial charge in [0.05, 0.1) is 18.7 Å². The zero-order valence-electron chi connectivity index (χ0n) is 12.4. The molecule has 1 aromatic heterocycles. The first-order chi connectivity index (χ1) is 9.72. The van der Waals surface area contributed by atoms with Gasteiger partial charge in [0.2, 0.25) is 0 Å². The van der Waals surface area contributed by atoms with Gasteiger partial charge in [-0.25, -0.2) is 4.98 Å². The number of ether oxygens (including phenoxy) is 1. The lowest BCUT2D eigenvalue weighted by molar-refractivity contribution is -0.143. The lowest BCUT2D eigenvalue weighted by Gasteiger charge is -2.20. The van der Waals surface area contributed by atoms with Crippen LogP contribution in [0.1, 0.15) is 45.2 Å². The van der Waals surface area contributed by atoms with Crippen LogP contribution in [-0.4, -0.2) is 30.6 Å². The van der Waals surface area contributed by atoms with E-state index in [1.165, 1.54) is 12.8 Å². The van der Waals surface area contributed by atoms with E-state index in [0.29, 0.717) is 19.4 Å². The number of thiazole rings is 1. The Bertz CT molecular complexity index is 429. The van der Waals surface area contributed by atoms with E-state index in [1.807, 2.05) is 6.92 Å². The molecule has 0 aliphatic heterocycles. The van der Waals surface area contributed by atoms with Crippen LogP contribution in [0.2, 0.25) is 0 Å². The van der Waals surface area contributed by atoms with Gasteiger partial charge >= 0.3 is 5.97 Å². The number of anilines is 1. The molecule has 1 fully saturated rings. The van der Waals surface area contributed by atoms with Gasteiger partial charge < -0.3 is 9.64 Å². The van der Waals surface area contributed by atoms with Crippen LogP contribution in [0.4, 0.5) is 5.13 Å². The van der Waals surface area contributed by atoms with Crippen molar-refractivity contribution in [3.8, 4) is 0 Å². The molecule has 4 nitrogen and oxygen atoms in total. The summed E-state index contributed by atoms with van der Waals surface area (Å²) in [5.41, 5.74) is 1.01. The lowest BCUT2D eigenvalue weighted by Crippen LogP contribution is -2.26. The number of carbonyl (C=O) groups excluding carboxylic acids is 1. The third-order valence-corrected chi connectivity index (χ3v) is 4.32. The van der Waals surface area contributed by atoms with E-state index in [0.717, 1.165) is 36.3 Å². The molecular formula is C15H24N2O2S. The van der Waals surface area contributed by atoms with Gasteiger partial charge in [-0.3, -0.25) is 4.79 Å². The summed E-state index contributed by atoms with van der Waals surface area (Å²) in [6, 6.07) is 0. The van der Waals surface area contributed by atoms with E-state index < -0.39 is 0 Å². The van der Waals surface area contributed by atoms with Gasteiger partial charge in [-0.05, 0) is 32.1 Å². The van der Waals surface area contributed by atoms with E-state index in [2.05, 4.69) is 22.2 Å². The molecule has 0 N–H and O–H groups in total. The van der Waals surface area contributed by atoms with Crippen molar-refractivity contribution in [1.29, 1.82) is 0 Å².